The van der Waals surface area contributed by atoms with Gasteiger partial charge in [0.15, 0.2) is 0 Å². The molecule has 1 rings (SSSR count). The van der Waals surface area contributed by atoms with E-state index in [1.54, 1.807) is 13.2 Å². The van der Waals surface area contributed by atoms with Crippen LogP contribution in [-0.4, -0.2) is 25.8 Å². The van der Waals surface area contributed by atoms with E-state index in [9.17, 15) is 4.39 Å². The predicted octanol–water partition coefficient (Wildman–Crippen LogP) is 3.53. The van der Waals surface area contributed by atoms with Crippen LogP contribution in [0.4, 0.5) is 4.39 Å². The number of rotatable bonds is 6. The summed E-state index contributed by atoms with van der Waals surface area (Å²) in [5.74, 6) is -0.218. The summed E-state index contributed by atoms with van der Waals surface area (Å²) in [6.45, 7) is 4.16. The average Bonchev–Trinajstić information content (AvgIpc) is 2.34. The van der Waals surface area contributed by atoms with E-state index < -0.39 is 0 Å². The van der Waals surface area contributed by atoms with Crippen LogP contribution in [0.25, 0.3) is 0 Å². The third-order valence-electron chi connectivity index (χ3n) is 3.62. The summed E-state index contributed by atoms with van der Waals surface area (Å²) in [6, 6.07) is 5.12. The van der Waals surface area contributed by atoms with Crippen LogP contribution < -0.4 is 5.32 Å². The molecule has 1 N–H and O–H groups in total. The molecular formula is C14H21BrFNO. The lowest BCUT2D eigenvalue weighted by Crippen LogP contribution is -2.49. The zero-order chi connectivity index (χ0) is 13.8. The van der Waals surface area contributed by atoms with E-state index in [4.69, 9.17) is 4.74 Å². The Morgan fingerprint density at radius 2 is 2.11 bits per heavy atom. The molecule has 0 radical (unpaired) electrons. The topological polar surface area (TPSA) is 21.3 Å². The normalized spacial score (nSPS) is 16.3. The minimum Gasteiger partial charge on any atom is -0.377 e. The minimum absolute atomic E-state index is 0.140. The van der Waals surface area contributed by atoms with Crippen LogP contribution in [0.2, 0.25) is 0 Å². The highest BCUT2D eigenvalue weighted by Gasteiger charge is 2.31. The van der Waals surface area contributed by atoms with Gasteiger partial charge in [0, 0.05) is 17.6 Å². The van der Waals surface area contributed by atoms with E-state index in [-0.39, 0.29) is 17.5 Å². The second-order valence-electron chi connectivity index (χ2n) is 4.69. The minimum atomic E-state index is -0.256. The summed E-state index contributed by atoms with van der Waals surface area (Å²) < 4.78 is 19.7. The molecule has 0 bridgehead atoms. The van der Waals surface area contributed by atoms with Gasteiger partial charge in [-0.2, -0.15) is 0 Å². The molecule has 0 fully saturated rings. The number of hydrogen-bond donors (Lipinski definition) is 1. The van der Waals surface area contributed by atoms with E-state index in [0.29, 0.717) is 0 Å². The van der Waals surface area contributed by atoms with Gasteiger partial charge in [-0.3, -0.25) is 0 Å². The van der Waals surface area contributed by atoms with Gasteiger partial charge in [-0.05, 0) is 50.6 Å². The second kappa shape index (κ2) is 6.64. The molecule has 4 heteroatoms. The Morgan fingerprint density at radius 1 is 1.44 bits per heavy atom. The Labute approximate surface area is 117 Å². The van der Waals surface area contributed by atoms with Gasteiger partial charge in [-0.25, -0.2) is 4.39 Å². The first-order chi connectivity index (χ1) is 8.45. The molecule has 2 atom stereocenters. The number of hydrogen-bond acceptors (Lipinski definition) is 2. The van der Waals surface area contributed by atoms with Crippen molar-refractivity contribution in [3.05, 3.63) is 34.1 Å². The highest BCUT2D eigenvalue weighted by Crippen LogP contribution is 2.24. The Balaban J connectivity index is 2.92. The Kier molecular flexibility index (Phi) is 5.76. The number of halogens is 2. The van der Waals surface area contributed by atoms with Crippen molar-refractivity contribution >= 4 is 15.9 Å². The molecule has 1 aromatic rings. The molecular weight excluding hydrogens is 297 g/mol. The molecule has 0 saturated heterocycles. The van der Waals surface area contributed by atoms with Crippen LogP contribution >= 0.6 is 15.9 Å². The first kappa shape index (κ1) is 15.6. The first-order valence-corrected chi connectivity index (χ1v) is 6.92. The molecule has 18 heavy (non-hydrogen) atoms. The number of ether oxygens (including phenoxy) is 1. The molecule has 0 amide bonds. The van der Waals surface area contributed by atoms with Gasteiger partial charge in [0.25, 0.3) is 0 Å². The number of nitrogens with one attached hydrogen (secondary N) is 1. The summed E-state index contributed by atoms with van der Waals surface area (Å²) >= 11 is 3.32. The van der Waals surface area contributed by atoms with Gasteiger partial charge in [-0.1, -0.05) is 22.9 Å². The summed E-state index contributed by atoms with van der Waals surface area (Å²) in [5.41, 5.74) is 0.700. The third-order valence-corrected chi connectivity index (χ3v) is 4.07. The maximum atomic E-state index is 13.4. The SMILES string of the molecule is CCC(C)(OC)C(Cc1cc(F)cc(Br)c1)NC. The standard InChI is InChI=1S/C14H21BrFNO/c1-5-14(2,18-4)13(17-3)8-10-6-11(15)9-12(16)7-10/h6-7,9,13,17H,5,8H2,1-4H3. The van der Waals surface area contributed by atoms with Gasteiger partial charge in [0.1, 0.15) is 5.82 Å². The fourth-order valence-corrected chi connectivity index (χ4v) is 2.63. The summed E-state index contributed by atoms with van der Waals surface area (Å²) in [7, 11) is 3.63. The number of likely N-dealkylation sites (N-methyl/N-ethyl adjacent to an activating group) is 1. The Morgan fingerprint density at radius 3 is 2.56 bits per heavy atom. The Bertz CT molecular complexity index is 373. The Hall–Kier alpha value is -0.450. The monoisotopic (exact) mass is 317 g/mol. The van der Waals surface area contributed by atoms with E-state index in [1.807, 2.05) is 13.1 Å². The largest absolute Gasteiger partial charge is 0.377 e. The fourth-order valence-electron chi connectivity index (χ4n) is 2.12. The maximum absolute atomic E-state index is 13.4. The lowest BCUT2D eigenvalue weighted by Gasteiger charge is -2.35. The summed E-state index contributed by atoms with van der Waals surface area (Å²) in [6.07, 6.45) is 1.62. The highest BCUT2D eigenvalue weighted by atomic mass is 79.9. The van der Waals surface area contributed by atoms with Crippen LogP contribution in [0.3, 0.4) is 0 Å². The van der Waals surface area contributed by atoms with E-state index in [0.717, 1.165) is 22.9 Å². The zero-order valence-corrected chi connectivity index (χ0v) is 13.0. The van der Waals surface area contributed by atoms with Gasteiger partial charge in [-0.15, -0.1) is 0 Å². The van der Waals surface area contributed by atoms with Crippen molar-refractivity contribution in [2.75, 3.05) is 14.2 Å². The van der Waals surface area contributed by atoms with Gasteiger partial charge in [0.05, 0.1) is 5.60 Å². The lowest BCUT2D eigenvalue weighted by molar-refractivity contribution is -0.0268. The molecule has 0 spiro atoms. The fraction of sp³-hybridized carbons (Fsp3) is 0.571. The number of methoxy groups -OCH3 is 1. The average molecular weight is 318 g/mol. The zero-order valence-electron chi connectivity index (χ0n) is 11.4. The maximum Gasteiger partial charge on any atom is 0.124 e. The van der Waals surface area contributed by atoms with E-state index in [2.05, 4.69) is 35.1 Å². The smallest absolute Gasteiger partial charge is 0.124 e. The summed E-state index contributed by atoms with van der Waals surface area (Å²) in [5, 5.41) is 3.27. The van der Waals surface area contributed by atoms with Crippen molar-refractivity contribution < 1.29 is 9.13 Å². The third kappa shape index (κ3) is 3.77. The van der Waals surface area contributed by atoms with Gasteiger partial charge in [0.2, 0.25) is 0 Å². The van der Waals surface area contributed by atoms with Crippen molar-refractivity contribution in [3.63, 3.8) is 0 Å². The van der Waals surface area contributed by atoms with Crippen LogP contribution in [0.1, 0.15) is 25.8 Å². The molecule has 0 aromatic heterocycles. The lowest BCUT2D eigenvalue weighted by atomic mass is 9.88. The van der Waals surface area contributed by atoms with Crippen LogP contribution in [0.15, 0.2) is 22.7 Å². The molecule has 0 aliphatic heterocycles. The number of benzene rings is 1. The molecule has 102 valence electrons. The molecule has 0 aliphatic rings. The highest BCUT2D eigenvalue weighted by molar-refractivity contribution is 9.10. The second-order valence-corrected chi connectivity index (χ2v) is 5.61. The predicted molar refractivity (Wildman–Crippen MR) is 76.4 cm³/mol. The summed E-state index contributed by atoms with van der Waals surface area (Å²) in [4.78, 5) is 0. The van der Waals surface area contributed by atoms with Crippen molar-refractivity contribution in [2.24, 2.45) is 0 Å². The molecule has 0 aliphatic carbocycles. The van der Waals surface area contributed by atoms with Crippen molar-refractivity contribution in [2.45, 2.75) is 38.3 Å². The molecule has 2 nitrogen and oxygen atoms in total. The van der Waals surface area contributed by atoms with Crippen LogP contribution in [-0.2, 0) is 11.2 Å². The van der Waals surface area contributed by atoms with E-state index in [1.165, 1.54) is 6.07 Å². The van der Waals surface area contributed by atoms with Crippen molar-refractivity contribution in [3.8, 4) is 0 Å². The van der Waals surface area contributed by atoms with Crippen LogP contribution in [0.5, 0.6) is 0 Å². The molecule has 0 saturated carbocycles. The molecule has 2 unspecified atom stereocenters. The van der Waals surface area contributed by atoms with Crippen molar-refractivity contribution in [1.82, 2.24) is 5.32 Å². The van der Waals surface area contributed by atoms with Gasteiger partial charge < -0.3 is 10.1 Å². The van der Waals surface area contributed by atoms with E-state index >= 15 is 0 Å². The van der Waals surface area contributed by atoms with Crippen molar-refractivity contribution in [1.29, 1.82) is 0 Å². The molecule has 1 aromatic carbocycles. The van der Waals surface area contributed by atoms with Crippen LogP contribution in [0, 0.1) is 5.82 Å². The van der Waals surface area contributed by atoms with Gasteiger partial charge >= 0.3 is 0 Å². The first-order valence-electron chi connectivity index (χ1n) is 6.12. The quantitative estimate of drug-likeness (QED) is 0.866. The molecule has 0 heterocycles.